The number of hydrogen-bond donors (Lipinski definition) is 8. The van der Waals surface area contributed by atoms with Crippen molar-refractivity contribution in [2.45, 2.75) is 56.8 Å². The second kappa shape index (κ2) is 13.7. The van der Waals surface area contributed by atoms with Crippen LogP contribution >= 0.6 is 12.6 Å². The van der Waals surface area contributed by atoms with E-state index in [1.165, 1.54) is 6.92 Å². The smallest absolute Gasteiger partial charge is 0.325 e. The summed E-state index contributed by atoms with van der Waals surface area (Å²) >= 11 is 3.94. The summed E-state index contributed by atoms with van der Waals surface area (Å²) < 4.78 is 0. The minimum Gasteiger partial charge on any atom is -0.481 e. The first kappa shape index (κ1) is 26.6. The molecule has 0 fully saturated rings. The molecule has 0 aliphatic carbocycles. The topological polar surface area (TPSA) is 214 Å². The third-order valence-corrected chi connectivity index (χ3v) is 4.23. The molecule has 0 saturated heterocycles. The van der Waals surface area contributed by atoms with Crippen molar-refractivity contribution >= 4 is 42.3 Å². The van der Waals surface area contributed by atoms with E-state index in [0.717, 1.165) is 0 Å². The Labute approximate surface area is 173 Å². The van der Waals surface area contributed by atoms with Crippen LogP contribution in [0.1, 0.15) is 32.6 Å². The van der Waals surface area contributed by atoms with Crippen molar-refractivity contribution in [2.24, 2.45) is 11.5 Å². The van der Waals surface area contributed by atoms with Crippen molar-refractivity contribution in [2.75, 3.05) is 12.3 Å². The largest absolute Gasteiger partial charge is 0.481 e. The molecule has 0 rings (SSSR count). The highest BCUT2D eigenvalue weighted by Crippen LogP contribution is 2.02. The molecule has 0 aromatic carbocycles. The molecule has 166 valence electrons. The molecule has 12 nitrogen and oxygen atoms in total. The van der Waals surface area contributed by atoms with E-state index in [1.807, 2.05) is 0 Å². The molecule has 4 unspecified atom stereocenters. The number of unbranched alkanes of at least 4 members (excludes halogenated alkanes) is 1. The summed E-state index contributed by atoms with van der Waals surface area (Å²) in [6, 6.07) is -4.87. The Morgan fingerprint density at radius 3 is 1.97 bits per heavy atom. The number of aliphatic carboxylic acids is 2. The van der Waals surface area contributed by atoms with Gasteiger partial charge in [-0.1, -0.05) is 6.42 Å². The fraction of sp³-hybridized carbons (Fsp3) is 0.688. The molecular formula is C16H29N5O7S. The van der Waals surface area contributed by atoms with Gasteiger partial charge >= 0.3 is 11.9 Å². The Bertz CT molecular complexity index is 604. The van der Waals surface area contributed by atoms with Gasteiger partial charge in [-0.25, -0.2) is 0 Å². The van der Waals surface area contributed by atoms with Crippen LogP contribution in [0.15, 0.2) is 0 Å². The highest BCUT2D eigenvalue weighted by Gasteiger charge is 2.30. The van der Waals surface area contributed by atoms with E-state index in [9.17, 15) is 24.0 Å². The monoisotopic (exact) mass is 435 g/mol. The molecule has 0 aromatic heterocycles. The van der Waals surface area contributed by atoms with Crippen LogP contribution in [-0.4, -0.2) is 76.3 Å². The number of nitrogens with two attached hydrogens (primary N) is 2. The van der Waals surface area contributed by atoms with E-state index in [4.69, 9.17) is 21.7 Å². The lowest BCUT2D eigenvalue weighted by atomic mass is 10.1. The molecule has 0 aliphatic heterocycles. The average Bonchev–Trinajstić information content (AvgIpc) is 2.64. The highest BCUT2D eigenvalue weighted by atomic mass is 32.1. The van der Waals surface area contributed by atoms with Crippen molar-refractivity contribution in [3.05, 3.63) is 0 Å². The fourth-order valence-corrected chi connectivity index (χ4v) is 2.40. The summed E-state index contributed by atoms with van der Waals surface area (Å²) in [6.07, 6.45) is 0.816. The van der Waals surface area contributed by atoms with Crippen molar-refractivity contribution in [1.29, 1.82) is 0 Å². The minimum absolute atomic E-state index is 0.184. The molecule has 29 heavy (non-hydrogen) atoms. The standard InChI is InChI=1S/C16H29N5O7S/c1-8(16(27)28)19-15(26)11(7-29)21-14(25)10(6-12(22)23)20-13(24)9(18)4-2-3-5-17/h8-11,29H,2-7,17-18H2,1H3,(H,19,26)(H,20,24)(H,21,25)(H,22,23)(H,27,28). The van der Waals surface area contributed by atoms with E-state index >= 15 is 0 Å². The Balaban J connectivity index is 5.04. The van der Waals surface area contributed by atoms with E-state index < -0.39 is 60.2 Å². The molecule has 0 radical (unpaired) electrons. The Kier molecular flexibility index (Phi) is 12.6. The first-order valence-corrected chi connectivity index (χ1v) is 9.58. The Morgan fingerprint density at radius 2 is 1.48 bits per heavy atom. The summed E-state index contributed by atoms with van der Waals surface area (Å²) in [5.41, 5.74) is 11.1. The van der Waals surface area contributed by atoms with E-state index in [2.05, 4.69) is 28.6 Å². The van der Waals surface area contributed by atoms with Crippen LogP contribution in [0, 0.1) is 0 Å². The van der Waals surface area contributed by atoms with E-state index in [0.29, 0.717) is 25.8 Å². The highest BCUT2D eigenvalue weighted by molar-refractivity contribution is 7.80. The number of carboxylic acid groups (broad SMARTS) is 2. The lowest BCUT2D eigenvalue weighted by Crippen LogP contribution is -2.57. The molecule has 4 atom stereocenters. The molecule has 0 aromatic rings. The van der Waals surface area contributed by atoms with Crippen molar-refractivity contribution < 1.29 is 34.2 Å². The van der Waals surface area contributed by atoms with Gasteiger partial charge in [0.15, 0.2) is 0 Å². The quantitative estimate of drug-likeness (QED) is 0.106. The number of amides is 3. The summed E-state index contributed by atoms with van der Waals surface area (Å²) in [7, 11) is 0. The third kappa shape index (κ3) is 10.7. The van der Waals surface area contributed by atoms with Crippen LogP contribution in [0.5, 0.6) is 0 Å². The first-order valence-electron chi connectivity index (χ1n) is 8.95. The SMILES string of the molecule is CC(NC(=O)C(CS)NC(=O)C(CC(=O)O)NC(=O)C(N)CCCCN)C(=O)O. The maximum Gasteiger partial charge on any atom is 0.325 e. The average molecular weight is 436 g/mol. The zero-order valence-electron chi connectivity index (χ0n) is 16.1. The lowest BCUT2D eigenvalue weighted by Gasteiger charge is -2.23. The van der Waals surface area contributed by atoms with Gasteiger partial charge in [0.05, 0.1) is 12.5 Å². The predicted molar refractivity (Wildman–Crippen MR) is 106 cm³/mol. The number of hydrogen-bond acceptors (Lipinski definition) is 8. The number of carboxylic acids is 2. The van der Waals surface area contributed by atoms with Gasteiger partial charge in [0, 0.05) is 5.75 Å². The predicted octanol–water partition coefficient (Wildman–Crippen LogP) is -2.59. The molecule has 0 heterocycles. The van der Waals surface area contributed by atoms with Crippen LogP contribution in [-0.2, 0) is 24.0 Å². The fourth-order valence-electron chi connectivity index (χ4n) is 2.14. The van der Waals surface area contributed by atoms with Gasteiger partial charge in [-0.15, -0.1) is 0 Å². The number of nitrogens with one attached hydrogen (secondary N) is 3. The van der Waals surface area contributed by atoms with Gasteiger partial charge in [-0.05, 0) is 26.3 Å². The van der Waals surface area contributed by atoms with Crippen molar-refractivity contribution in [3.63, 3.8) is 0 Å². The van der Waals surface area contributed by atoms with Crippen LogP contribution in [0.2, 0.25) is 0 Å². The molecule has 9 N–H and O–H groups in total. The second-order valence-electron chi connectivity index (χ2n) is 6.36. The Hall–Kier alpha value is -2.38. The van der Waals surface area contributed by atoms with Gasteiger partial charge in [0.1, 0.15) is 18.1 Å². The van der Waals surface area contributed by atoms with E-state index in [1.54, 1.807) is 0 Å². The normalized spacial score (nSPS) is 14.8. The van der Waals surface area contributed by atoms with Crippen LogP contribution in [0.25, 0.3) is 0 Å². The maximum atomic E-state index is 12.4. The number of rotatable bonds is 14. The van der Waals surface area contributed by atoms with Crippen molar-refractivity contribution in [3.8, 4) is 0 Å². The lowest BCUT2D eigenvalue weighted by molar-refractivity contribution is -0.142. The van der Waals surface area contributed by atoms with Crippen molar-refractivity contribution in [1.82, 2.24) is 16.0 Å². The maximum absolute atomic E-state index is 12.4. The molecule has 13 heteroatoms. The summed E-state index contributed by atoms with van der Waals surface area (Å²) in [4.78, 5) is 58.5. The van der Waals surface area contributed by atoms with Crippen LogP contribution in [0.4, 0.5) is 0 Å². The first-order chi connectivity index (χ1) is 13.5. The summed E-state index contributed by atoms with van der Waals surface area (Å²) in [5, 5.41) is 24.5. The third-order valence-electron chi connectivity index (χ3n) is 3.86. The zero-order chi connectivity index (χ0) is 22.6. The Morgan fingerprint density at radius 1 is 0.931 bits per heavy atom. The number of thiol groups is 1. The van der Waals surface area contributed by atoms with Gasteiger partial charge in [-0.3, -0.25) is 24.0 Å². The van der Waals surface area contributed by atoms with Crippen LogP contribution < -0.4 is 27.4 Å². The molecule has 0 spiro atoms. The minimum atomic E-state index is -1.48. The van der Waals surface area contributed by atoms with E-state index in [-0.39, 0.29) is 5.75 Å². The number of carbonyl (C=O) groups is 5. The number of carbonyl (C=O) groups excluding carboxylic acids is 3. The zero-order valence-corrected chi connectivity index (χ0v) is 17.0. The van der Waals surface area contributed by atoms with Gasteiger partial charge in [0.25, 0.3) is 0 Å². The molecule has 3 amide bonds. The molecule has 0 bridgehead atoms. The second-order valence-corrected chi connectivity index (χ2v) is 6.73. The van der Waals surface area contributed by atoms with Gasteiger partial charge in [0.2, 0.25) is 17.7 Å². The van der Waals surface area contributed by atoms with Crippen LogP contribution in [0.3, 0.4) is 0 Å². The van der Waals surface area contributed by atoms with Gasteiger partial charge in [-0.2, -0.15) is 12.6 Å². The summed E-state index contributed by atoms with van der Waals surface area (Å²) in [6.45, 7) is 1.67. The molecular weight excluding hydrogens is 406 g/mol. The molecule has 0 aliphatic rings. The van der Waals surface area contributed by atoms with Gasteiger partial charge < -0.3 is 37.6 Å². The summed E-state index contributed by atoms with van der Waals surface area (Å²) in [5.74, 6) is -5.28. The molecule has 0 saturated carbocycles.